The van der Waals surface area contributed by atoms with Crippen molar-refractivity contribution in [2.75, 3.05) is 20.1 Å². The monoisotopic (exact) mass is 341 g/mol. The van der Waals surface area contributed by atoms with Crippen LogP contribution in [0.3, 0.4) is 0 Å². The van der Waals surface area contributed by atoms with Crippen molar-refractivity contribution >= 4 is 5.91 Å². The maximum Gasteiger partial charge on any atom is 0.274 e. The fraction of sp³-hybridized carbons (Fsp3) is 0.588. The van der Waals surface area contributed by atoms with Gasteiger partial charge in [-0.1, -0.05) is 0 Å². The zero-order valence-corrected chi connectivity index (χ0v) is 14.6. The summed E-state index contributed by atoms with van der Waals surface area (Å²) < 4.78 is 1.89. The number of hydrogen-bond donors (Lipinski definition) is 0. The van der Waals surface area contributed by atoms with Crippen molar-refractivity contribution in [2.24, 2.45) is 5.92 Å². The van der Waals surface area contributed by atoms with Gasteiger partial charge in [0.25, 0.3) is 5.91 Å². The molecule has 0 saturated carbocycles. The number of amides is 1. The number of fused-ring (bicyclic) bond motifs is 1. The third-order valence-corrected chi connectivity index (χ3v) is 5.52. The van der Waals surface area contributed by atoms with E-state index in [1.54, 1.807) is 25.0 Å². The van der Waals surface area contributed by atoms with E-state index in [4.69, 9.17) is 0 Å². The molecular weight excluding hydrogens is 318 g/mol. The van der Waals surface area contributed by atoms with Gasteiger partial charge in [0.1, 0.15) is 18.3 Å². The van der Waals surface area contributed by atoms with E-state index in [1.807, 2.05) is 16.5 Å². The standard InChI is InChI=1S/C17H23N7O/c1-12-6-20-15(7-19-12)17(25)23-4-3-16-13(8-23)5-14(22(16)2)9-24-11-18-10-21-24/h6-7,10-11,13-14,16H,3-5,8-9H2,1-2H3/t13-,14+,16+/m1/s1. The fourth-order valence-electron chi connectivity index (χ4n) is 4.17. The summed E-state index contributed by atoms with van der Waals surface area (Å²) in [6, 6.07) is 0.965. The molecule has 4 heterocycles. The number of likely N-dealkylation sites (N-methyl/N-ethyl adjacent to an activating group) is 1. The highest BCUT2D eigenvalue weighted by Gasteiger charge is 2.43. The van der Waals surface area contributed by atoms with Crippen molar-refractivity contribution in [3.05, 3.63) is 36.4 Å². The van der Waals surface area contributed by atoms with Gasteiger partial charge < -0.3 is 4.90 Å². The van der Waals surface area contributed by atoms with Crippen LogP contribution in [0.15, 0.2) is 25.0 Å². The van der Waals surface area contributed by atoms with Crippen LogP contribution >= 0.6 is 0 Å². The molecule has 0 radical (unpaired) electrons. The molecule has 2 aromatic heterocycles. The van der Waals surface area contributed by atoms with Crippen LogP contribution in [0.4, 0.5) is 0 Å². The second-order valence-electron chi connectivity index (χ2n) is 7.08. The van der Waals surface area contributed by atoms with E-state index in [-0.39, 0.29) is 5.91 Å². The topological polar surface area (TPSA) is 80.0 Å². The number of carbonyl (C=O) groups is 1. The summed E-state index contributed by atoms with van der Waals surface area (Å²) in [5.41, 5.74) is 1.26. The van der Waals surface area contributed by atoms with E-state index in [2.05, 4.69) is 32.0 Å². The molecule has 1 amide bonds. The molecule has 132 valence electrons. The van der Waals surface area contributed by atoms with Crippen molar-refractivity contribution < 1.29 is 4.79 Å². The minimum Gasteiger partial charge on any atom is -0.337 e. The van der Waals surface area contributed by atoms with Crippen LogP contribution in [-0.4, -0.2) is 72.7 Å². The normalized spacial score (nSPS) is 26.6. The third-order valence-electron chi connectivity index (χ3n) is 5.52. The van der Waals surface area contributed by atoms with Crippen molar-refractivity contribution in [3.8, 4) is 0 Å². The highest BCUT2D eigenvalue weighted by molar-refractivity contribution is 5.92. The van der Waals surface area contributed by atoms with E-state index < -0.39 is 0 Å². The van der Waals surface area contributed by atoms with Crippen LogP contribution in [0.1, 0.15) is 29.0 Å². The molecule has 0 aliphatic carbocycles. The number of piperidine rings is 1. The maximum atomic E-state index is 12.7. The van der Waals surface area contributed by atoms with Gasteiger partial charge >= 0.3 is 0 Å². The van der Waals surface area contributed by atoms with Crippen molar-refractivity contribution in [2.45, 2.75) is 38.4 Å². The molecule has 0 unspecified atom stereocenters. The number of likely N-dealkylation sites (tertiary alicyclic amines) is 2. The van der Waals surface area contributed by atoms with Crippen molar-refractivity contribution in [1.82, 2.24) is 34.5 Å². The maximum absolute atomic E-state index is 12.7. The second-order valence-corrected chi connectivity index (χ2v) is 7.08. The summed E-state index contributed by atoms with van der Waals surface area (Å²) >= 11 is 0. The van der Waals surface area contributed by atoms with E-state index >= 15 is 0 Å². The molecule has 2 aromatic rings. The van der Waals surface area contributed by atoms with Gasteiger partial charge in [-0.3, -0.25) is 19.4 Å². The highest BCUT2D eigenvalue weighted by Crippen LogP contribution is 2.35. The van der Waals surface area contributed by atoms with Crippen LogP contribution in [0.2, 0.25) is 0 Å². The Hall–Kier alpha value is -2.35. The van der Waals surface area contributed by atoms with Gasteiger partial charge in [-0.05, 0) is 32.7 Å². The summed E-state index contributed by atoms with van der Waals surface area (Å²) in [6.07, 6.45) is 8.65. The van der Waals surface area contributed by atoms with Crippen LogP contribution in [0.5, 0.6) is 0 Å². The molecule has 2 aliphatic heterocycles. The largest absolute Gasteiger partial charge is 0.337 e. The van der Waals surface area contributed by atoms with Crippen molar-refractivity contribution in [1.29, 1.82) is 0 Å². The molecule has 8 nitrogen and oxygen atoms in total. The van der Waals surface area contributed by atoms with Gasteiger partial charge in [0.15, 0.2) is 0 Å². The molecule has 0 N–H and O–H groups in total. The van der Waals surface area contributed by atoms with Gasteiger partial charge in [-0.2, -0.15) is 5.10 Å². The Bertz CT molecular complexity index is 730. The fourth-order valence-corrected chi connectivity index (χ4v) is 4.17. The number of aryl methyl sites for hydroxylation is 1. The predicted molar refractivity (Wildman–Crippen MR) is 90.8 cm³/mol. The van der Waals surface area contributed by atoms with Gasteiger partial charge in [0.05, 0.1) is 18.4 Å². The number of rotatable bonds is 3. The molecule has 8 heteroatoms. The molecule has 3 atom stereocenters. The average molecular weight is 341 g/mol. The average Bonchev–Trinajstić information content (AvgIpc) is 3.24. The third kappa shape index (κ3) is 3.13. The first-order valence-corrected chi connectivity index (χ1v) is 8.74. The lowest BCUT2D eigenvalue weighted by Crippen LogP contribution is -2.48. The Morgan fingerprint density at radius 3 is 2.92 bits per heavy atom. The first-order valence-electron chi connectivity index (χ1n) is 8.74. The predicted octanol–water partition coefficient (Wildman–Crippen LogP) is 0.612. The minimum atomic E-state index is -0.00618. The van der Waals surface area contributed by atoms with E-state index in [1.165, 1.54) is 0 Å². The zero-order chi connectivity index (χ0) is 17.4. The van der Waals surface area contributed by atoms with Crippen LogP contribution < -0.4 is 0 Å². The lowest BCUT2D eigenvalue weighted by Gasteiger charge is -2.37. The lowest BCUT2D eigenvalue weighted by molar-refractivity contribution is 0.0601. The highest BCUT2D eigenvalue weighted by atomic mass is 16.2. The quantitative estimate of drug-likeness (QED) is 0.814. The smallest absolute Gasteiger partial charge is 0.274 e. The van der Waals surface area contributed by atoms with Crippen molar-refractivity contribution in [3.63, 3.8) is 0 Å². The number of aromatic nitrogens is 5. The number of nitrogens with zero attached hydrogens (tertiary/aromatic N) is 7. The Kier molecular flexibility index (Phi) is 4.20. The Morgan fingerprint density at radius 2 is 2.20 bits per heavy atom. The summed E-state index contributed by atoms with van der Waals surface area (Å²) in [6.45, 7) is 4.28. The lowest BCUT2D eigenvalue weighted by atomic mass is 9.92. The van der Waals surface area contributed by atoms with Gasteiger partial charge in [-0.25, -0.2) is 9.97 Å². The van der Waals surface area contributed by atoms with Crippen LogP contribution in [0, 0.1) is 12.8 Å². The first kappa shape index (κ1) is 16.1. The summed E-state index contributed by atoms with van der Waals surface area (Å²) in [5, 5.41) is 4.22. The first-order chi connectivity index (χ1) is 12.1. The summed E-state index contributed by atoms with van der Waals surface area (Å²) in [5.74, 6) is 0.489. The van der Waals surface area contributed by atoms with Crippen LogP contribution in [0.25, 0.3) is 0 Å². The van der Waals surface area contributed by atoms with E-state index in [9.17, 15) is 4.79 Å². The SMILES string of the molecule is Cc1cnc(C(=O)N2CC[C@H]3[C@H](C[C@@H](Cn4cncn4)N3C)C2)cn1. The van der Waals surface area contributed by atoms with Gasteiger partial charge in [0, 0.05) is 31.4 Å². The molecule has 0 spiro atoms. The Labute approximate surface area is 146 Å². The Balaban J connectivity index is 1.42. The summed E-state index contributed by atoms with van der Waals surface area (Å²) in [4.78, 5) is 29.6. The molecule has 2 fully saturated rings. The molecule has 2 aliphatic rings. The second kappa shape index (κ2) is 6.51. The molecule has 2 saturated heterocycles. The van der Waals surface area contributed by atoms with Gasteiger partial charge in [-0.15, -0.1) is 0 Å². The van der Waals surface area contributed by atoms with Crippen LogP contribution in [-0.2, 0) is 6.54 Å². The summed E-state index contributed by atoms with van der Waals surface area (Å²) in [7, 11) is 2.19. The molecule has 0 bridgehead atoms. The molecule has 4 rings (SSSR count). The zero-order valence-electron chi connectivity index (χ0n) is 14.6. The molecular formula is C17H23N7O. The van der Waals surface area contributed by atoms with Gasteiger partial charge in [0.2, 0.25) is 0 Å². The molecule has 25 heavy (non-hydrogen) atoms. The Morgan fingerprint density at radius 1 is 1.32 bits per heavy atom. The molecule has 0 aromatic carbocycles. The van der Waals surface area contributed by atoms with E-state index in [0.29, 0.717) is 23.7 Å². The number of carbonyl (C=O) groups excluding carboxylic acids is 1. The number of hydrogen-bond acceptors (Lipinski definition) is 6. The van der Waals surface area contributed by atoms with E-state index in [0.717, 1.165) is 38.2 Å². The minimum absolute atomic E-state index is 0.00618.